The number of hydrogen-bond donors (Lipinski definition) is 2. The van der Waals surface area contributed by atoms with E-state index >= 15 is 0 Å². The molecule has 1 fully saturated rings. The zero-order valence-corrected chi connectivity index (χ0v) is 22.6. The first-order valence-corrected chi connectivity index (χ1v) is 13.4. The van der Waals surface area contributed by atoms with Crippen molar-refractivity contribution in [3.63, 3.8) is 0 Å². The Morgan fingerprint density at radius 1 is 1.00 bits per heavy atom. The van der Waals surface area contributed by atoms with E-state index < -0.39 is 24.1 Å². The van der Waals surface area contributed by atoms with Crippen LogP contribution in [0.25, 0.3) is 39.5 Å². The quantitative estimate of drug-likeness (QED) is 0.235. The van der Waals surface area contributed by atoms with Crippen LogP contribution in [0.2, 0.25) is 0 Å². The molecule has 9 nitrogen and oxygen atoms in total. The summed E-state index contributed by atoms with van der Waals surface area (Å²) in [6.45, 7) is 0. The number of aromatic nitrogens is 4. The first-order valence-electron chi connectivity index (χ1n) is 13.4. The first kappa shape index (κ1) is 28.0. The molecule has 3 aromatic heterocycles. The first-order chi connectivity index (χ1) is 20.6. The molecule has 1 aliphatic carbocycles. The standard InChI is InChI=1S/C31H25F3N6O3/c32-31(33,29(42)43-34)25(41)17-18-4-1-5-19(16-18)23-11-12-24-28(38-23)40(27(39-24)22-6-2-15-37-26(22)35)21-9-7-20(8-10-21)30(36)13-3-14-30/h1-2,4-12,15-16H,3,13-14,17,36H2,(H2,35,37). The lowest BCUT2D eigenvalue weighted by atomic mass is 9.73. The van der Waals surface area contributed by atoms with Crippen molar-refractivity contribution in [1.82, 2.24) is 19.5 Å². The maximum absolute atomic E-state index is 13.9. The van der Waals surface area contributed by atoms with Crippen LogP contribution in [0.1, 0.15) is 30.4 Å². The number of imidazole rings is 1. The summed E-state index contributed by atoms with van der Waals surface area (Å²) in [4.78, 5) is 39.6. The molecule has 0 bridgehead atoms. The van der Waals surface area contributed by atoms with Crippen molar-refractivity contribution in [3.8, 4) is 28.3 Å². The van der Waals surface area contributed by atoms with Gasteiger partial charge in [-0.05, 0) is 72.9 Å². The van der Waals surface area contributed by atoms with Crippen LogP contribution in [0, 0.1) is 0 Å². The molecule has 0 radical (unpaired) electrons. The van der Waals surface area contributed by atoms with Gasteiger partial charge in [0.1, 0.15) is 11.3 Å². The monoisotopic (exact) mass is 586 g/mol. The van der Waals surface area contributed by atoms with Crippen molar-refractivity contribution in [2.75, 3.05) is 5.73 Å². The Hall–Kier alpha value is -5.10. The summed E-state index contributed by atoms with van der Waals surface area (Å²) in [6.07, 6.45) is 3.69. The third-order valence-corrected chi connectivity index (χ3v) is 7.79. The summed E-state index contributed by atoms with van der Waals surface area (Å²) < 4.78 is 41.7. The molecule has 0 spiro atoms. The molecule has 0 atom stereocenters. The van der Waals surface area contributed by atoms with Crippen LogP contribution in [-0.4, -0.2) is 37.2 Å². The Kier molecular flexibility index (Phi) is 6.93. The Labute approximate surface area is 243 Å². The molecule has 0 amide bonds. The number of ketones is 1. The van der Waals surface area contributed by atoms with Crippen molar-refractivity contribution < 1.29 is 27.8 Å². The highest BCUT2D eigenvalue weighted by molar-refractivity contribution is 6.05. The van der Waals surface area contributed by atoms with Crippen molar-refractivity contribution in [2.45, 2.75) is 37.1 Å². The molecule has 1 saturated carbocycles. The average Bonchev–Trinajstić information content (AvgIpc) is 3.38. The second kappa shape index (κ2) is 10.6. The number of pyridine rings is 2. The number of fused-ring (bicyclic) bond motifs is 1. The van der Waals surface area contributed by atoms with Gasteiger partial charge in [-0.3, -0.25) is 9.36 Å². The van der Waals surface area contributed by atoms with E-state index in [-0.39, 0.29) is 16.9 Å². The number of carbonyl (C=O) groups excluding carboxylic acids is 2. The highest BCUT2D eigenvalue weighted by atomic mass is 19.3. The summed E-state index contributed by atoms with van der Waals surface area (Å²) in [5, 5.41) is 0. The molecule has 3 heterocycles. The number of anilines is 1. The Morgan fingerprint density at radius 2 is 1.77 bits per heavy atom. The minimum atomic E-state index is -4.61. The zero-order chi connectivity index (χ0) is 30.4. The maximum Gasteiger partial charge on any atom is 0.425 e. The van der Waals surface area contributed by atoms with E-state index in [2.05, 4.69) is 9.93 Å². The van der Waals surface area contributed by atoms with Crippen molar-refractivity contribution >= 4 is 28.7 Å². The van der Waals surface area contributed by atoms with Gasteiger partial charge >= 0.3 is 11.9 Å². The molecule has 1 aliphatic rings. The van der Waals surface area contributed by atoms with Gasteiger partial charge in [0.25, 0.3) is 0 Å². The third kappa shape index (κ3) is 4.99. The molecule has 218 valence electrons. The van der Waals surface area contributed by atoms with Crippen LogP contribution >= 0.6 is 0 Å². The van der Waals surface area contributed by atoms with Crippen LogP contribution in [0.4, 0.5) is 19.1 Å². The average molecular weight is 587 g/mol. The summed E-state index contributed by atoms with van der Waals surface area (Å²) in [6, 6.07) is 21.1. The predicted octanol–water partition coefficient (Wildman–Crippen LogP) is 5.24. The molecular formula is C31H25F3N6O3. The van der Waals surface area contributed by atoms with E-state index in [1.165, 1.54) is 12.1 Å². The smallest absolute Gasteiger partial charge is 0.383 e. The molecule has 0 unspecified atom stereocenters. The number of nitrogens with zero attached hydrogens (tertiary/aromatic N) is 4. The van der Waals surface area contributed by atoms with E-state index in [0.717, 1.165) is 30.5 Å². The summed E-state index contributed by atoms with van der Waals surface area (Å²) in [5.41, 5.74) is 17.1. The van der Waals surface area contributed by atoms with Crippen LogP contribution < -0.4 is 11.5 Å². The van der Waals surface area contributed by atoms with Crippen LogP contribution in [0.5, 0.6) is 0 Å². The van der Waals surface area contributed by atoms with Crippen LogP contribution in [-0.2, 0) is 26.5 Å². The van der Waals surface area contributed by atoms with E-state index in [1.807, 2.05) is 34.9 Å². The molecule has 43 heavy (non-hydrogen) atoms. The van der Waals surface area contributed by atoms with Gasteiger partial charge in [0, 0.05) is 33.9 Å². The van der Waals surface area contributed by atoms with E-state index in [9.17, 15) is 22.9 Å². The van der Waals surface area contributed by atoms with Crippen LogP contribution in [0.3, 0.4) is 0 Å². The topological polar surface area (TPSA) is 139 Å². The number of hydrogen-bond acceptors (Lipinski definition) is 8. The van der Waals surface area contributed by atoms with Crippen LogP contribution in [0.15, 0.2) is 79.0 Å². The van der Waals surface area contributed by atoms with Gasteiger partial charge in [-0.15, -0.1) is 0 Å². The summed E-state index contributed by atoms with van der Waals surface area (Å²) in [7, 11) is 0. The molecular weight excluding hydrogens is 561 g/mol. The fraction of sp³-hybridized carbons (Fsp3) is 0.194. The molecule has 0 aliphatic heterocycles. The number of nitrogens with two attached hydrogens (primary N) is 2. The van der Waals surface area contributed by atoms with Gasteiger partial charge in [-0.25, -0.2) is 24.7 Å². The van der Waals surface area contributed by atoms with E-state index in [0.29, 0.717) is 33.8 Å². The predicted molar refractivity (Wildman–Crippen MR) is 153 cm³/mol. The number of nitrogen functional groups attached to an aromatic ring is 1. The van der Waals surface area contributed by atoms with E-state index in [4.69, 9.17) is 21.4 Å². The molecule has 0 saturated heterocycles. The Balaban J connectivity index is 1.43. The normalized spacial score (nSPS) is 14.3. The molecule has 12 heteroatoms. The number of benzene rings is 2. The van der Waals surface area contributed by atoms with Crippen molar-refractivity contribution in [2.24, 2.45) is 5.73 Å². The summed E-state index contributed by atoms with van der Waals surface area (Å²) >= 11 is 0. The van der Waals surface area contributed by atoms with Gasteiger partial charge in [-0.2, -0.15) is 8.78 Å². The lowest BCUT2D eigenvalue weighted by Gasteiger charge is -2.38. The lowest BCUT2D eigenvalue weighted by Crippen LogP contribution is -2.43. The lowest BCUT2D eigenvalue weighted by molar-refractivity contribution is -0.210. The second-order valence-corrected chi connectivity index (χ2v) is 10.5. The van der Waals surface area contributed by atoms with Crippen molar-refractivity contribution in [3.05, 3.63) is 90.1 Å². The molecule has 2 aromatic carbocycles. The van der Waals surface area contributed by atoms with Crippen molar-refractivity contribution in [1.29, 1.82) is 0 Å². The number of Topliss-reactive ketones (excluding diaryl/α,β-unsaturated/α-hetero) is 1. The Bertz CT molecular complexity index is 1870. The number of carbonyl (C=O) groups is 2. The second-order valence-electron chi connectivity index (χ2n) is 10.5. The van der Waals surface area contributed by atoms with Gasteiger partial charge < -0.3 is 11.5 Å². The van der Waals surface area contributed by atoms with Gasteiger partial charge in [0.15, 0.2) is 11.5 Å². The molecule has 6 rings (SSSR count). The largest absolute Gasteiger partial charge is 0.425 e. The SMILES string of the molecule is Nc1ncccc1-c1nc2ccc(-c3cccc(CC(=O)C(F)(F)C(=O)OF)c3)nc2n1-c1ccc(C2(N)CCC2)cc1. The fourth-order valence-electron chi connectivity index (χ4n) is 5.24. The van der Waals surface area contributed by atoms with Gasteiger partial charge in [0.05, 0.1) is 11.3 Å². The van der Waals surface area contributed by atoms with Gasteiger partial charge in [-0.1, -0.05) is 30.3 Å². The number of rotatable bonds is 8. The molecule has 5 aromatic rings. The maximum atomic E-state index is 13.9. The fourth-order valence-corrected chi connectivity index (χ4v) is 5.24. The summed E-state index contributed by atoms with van der Waals surface area (Å²) in [5.74, 6) is -8.16. The molecule has 4 N–H and O–H groups in total. The minimum Gasteiger partial charge on any atom is -0.383 e. The number of halogens is 3. The minimum absolute atomic E-state index is 0.176. The third-order valence-electron chi connectivity index (χ3n) is 7.79. The number of alkyl halides is 2. The van der Waals surface area contributed by atoms with E-state index in [1.54, 1.807) is 36.5 Å². The Morgan fingerprint density at radius 3 is 2.44 bits per heavy atom. The zero-order valence-electron chi connectivity index (χ0n) is 22.6. The highest BCUT2D eigenvalue weighted by Crippen LogP contribution is 2.39. The van der Waals surface area contributed by atoms with Gasteiger partial charge in [0.2, 0.25) is 5.78 Å². The highest BCUT2D eigenvalue weighted by Gasteiger charge is 2.49.